The molecular weight excluding hydrogens is 328 g/mol. The van der Waals surface area contributed by atoms with Crippen molar-refractivity contribution in [1.29, 1.82) is 0 Å². The van der Waals surface area contributed by atoms with Gasteiger partial charge in [0.15, 0.2) is 0 Å². The summed E-state index contributed by atoms with van der Waals surface area (Å²) in [5, 5.41) is 0. The monoisotopic (exact) mass is 350 g/mol. The Morgan fingerprint density at radius 1 is 0.792 bits per heavy atom. The van der Waals surface area contributed by atoms with Crippen molar-refractivity contribution in [2.45, 2.75) is 0 Å². The first kappa shape index (κ1) is 21.7. The molecule has 0 N–H and O–H groups in total. The van der Waals surface area contributed by atoms with Crippen molar-refractivity contribution in [1.82, 2.24) is 0 Å². The van der Waals surface area contributed by atoms with Crippen LogP contribution in [0.5, 0.6) is 0 Å². The number of hydrogen-bond acceptors (Lipinski definition) is 1. The summed E-state index contributed by atoms with van der Waals surface area (Å²) in [5.41, 5.74) is 2.28. The average molecular weight is 350 g/mol. The topological polar surface area (TPSA) is 9.23 Å². The quantitative estimate of drug-likeness (QED) is 0.543. The van der Waals surface area contributed by atoms with Crippen LogP contribution in [0.1, 0.15) is 5.56 Å². The molecule has 1 aliphatic heterocycles. The van der Waals surface area contributed by atoms with Gasteiger partial charge in [-0.25, -0.2) is 0 Å². The molecule has 0 bridgehead atoms. The van der Waals surface area contributed by atoms with Crippen molar-refractivity contribution in [3.8, 4) is 0 Å². The third-order valence-corrected chi connectivity index (χ3v) is 3.26. The Morgan fingerprint density at radius 2 is 1.25 bits per heavy atom. The molecule has 1 heterocycles. The van der Waals surface area contributed by atoms with Crippen LogP contribution in [0.3, 0.4) is 0 Å². The van der Waals surface area contributed by atoms with Gasteiger partial charge in [0.2, 0.25) is 0 Å². The van der Waals surface area contributed by atoms with Gasteiger partial charge in [-0.1, -0.05) is 6.07 Å². The first-order valence-electron chi connectivity index (χ1n) is 7.78. The fourth-order valence-electron chi connectivity index (χ4n) is 2.02. The Balaban J connectivity index is 0.000000216. The molecule has 1 nitrogen and oxygen atoms in total. The van der Waals surface area contributed by atoms with E-state index in [0.717, 1.165) is 12.2 Å². The maximum absolute atomic E-state index is 5.28. The van der Waals surface area contributed by atoms with E-state index in [4.69, 9.17) is 4.74 Å². The molecular formula is C22H22OTi. The summed E-state index contributed by atoms with van der Waals surface area (Å²) in [5.74, 6) is 0.278. The van der Waals surface area contributed by atoms with E-state index >= 15 is 0 Å². The normalized spacial score (nSPS) is 23.7. The smallest absolute Gasteiger partial charge is 0.380 e. The van der Waals surface area contributed by atoms with Crippen LogP contribution in [0.4, 0.5) is 0 Å². The van der Waals surface area contributed by atoms with E-state index in [2.05, 4.69) is 13.0 Å². The molecule has 0 spiro atoms. The van der Waals surface area contributed by atoms with Crippen LogP contribution in [0.25, 0.3) is 0 Å². The van der Waals surface area contributed by atoms with Gasteiger partial charge < -0.3 is 11.7 Å². The number of ether oxygens (including phenoxy) is 1. The van der Waals surface area contributed by atoms with E-state index < -0.39 is 0 Å². The van der Waals surface area contributed by atoms with E-state index in [0.29, 0.717) is 6.61 Å². The van der Waals surface area contributed by atoms with Gasteiger partial charge in [-0.05, 0) is 64.2 Å². The van der Waals surface area contributed by atoms with Crippen LogP contribution in [-0.2, 0) is 26.5 Å². The van der Waals surface area contributed by atoms with Gasteiger partial charge in [0.25, 0.3) is 0 Å². The SMILES string of the molecule is [CH2-]C1COCC1=[C-]c1ccccc1.[CH]1[CH][CH][CH][CH]1.[CH]1[CH][CH][CH][CH]1.[Ti+2]. The Labute approximate surface area is 164 Å². The van der Waals surface area contributed by atoms with Gasteiger partial charge in [0.1, 0.15) is 0 Å². The molecule has 120 valence electrons. The van der Waals surface area contributed by atoms with Crippen LogP contribution in [0.15, 0.2) is 35.9 Å². The van der Waals surface area contributed by atoms with Crippen LogP contribution in [-0.4, -0.2) is 13.2 Å². The zero-order valence-corrected chi connectivity index (χ0v) is 15.3. The van der Waals surface area contributed by atoms with Gasteiger partial charge in [-0.3, -0.25) is 0 Å². The predicted octanol–water partition coefficient (Wildman–Crippen LogP) is 4.29. The van der Waals surface area contributed by atoms with Crippen LogP contribution < -0.4 is 0 Å². The first-order chi connectivity index (χ1) is 11.4. The molecule has 2 saturated carbocycles. The maximum Gasteiger partial charge on any atom is 2.00 e. The first-order valence-corrected chi connectivity index (χ1v) is 7.78. The van der Waals surface area contributed by atoms with Crippen LogP contribution in [0.2, 0.25) is 0 Å². The summed E-state index contributed by atoms with van der Waals surface area (Å²) in [6, 6.07) is 10.1. The molecule has 1 aromatic carbocycles. The van der Waals surface area contributed by atoms with Crippen LogP contribution >= 0.6 is 0 Å². The average Bonchev–Trinajstić information content (AvgIpc) is 3.36. The van der Waals surface area contributed by atoms with Crippen molar-refractivity contribution < 1.29 is 26.5 Å². The Morgan fingerprint density at radius 3 is 1.62 bits per heavy atom. The largest absolute Gasteiger partial charge is 2.00 e. The van der Waals surface area contributed by atoms with Gasteiger partial charge in [0, 0.05) is 6.61 Å². The van der Waals surface area contributed by atoms with Gasteiger partial charge in [0.05, 0.1) is 6.61 Å². The molecule has 24 heavy (non-hydrogen) atoms. The van der Waals surface area contributed by atoms with Crippen molar-refractivity contribution in [3.63, 3.8) is 0 Å². The molecule has 4 rings (SSSR count). The maximum atomic E-state index is 5.28. The molecule has 0 amide bonds. The van der Waals surface area contributed by atoms with Gasteiger partial charge in [-0.2, -0.15) is 23.8 Å². The zero-order valence-electron chi connectivity index (χ0n) is 13.8. The summed E-state index contributed by atoms with van der Waals surface area (Å²) in [6.07, 6.45) is 23.3. The number of hydrogen-bond donors (Lipinski definition) is 0. The van der Waals surface area contributed by atoms with E-state index in [9.17, 15) is 0 Å². The van der Waals surface area contributed by atoms with Gasteiger partial charge in [-0.15, -0.1) is 23.6 Å². The molecule has 1 atom stereocenters. The van der Waals surface area contributed by atoms with Crippen LogP contribution in [0, 0.1) is 83.1 Å². The molecule has 1 unspecified atom stereocenters. The van der Waals surface area contributed by atoms with Gasteiger partial charge >= 0.3 is 21.7 Å². The molecule has 0 aromatic heterocycles. The summed E-state index contributed by atoms with van der Waals surface area (Å²) < 4.78 is 5.28. The third kappa shape index (κ3) is 9.20. The Kier molecular flexibility index (Phi) is 12.5. The molecule has 1 aromatic rings. The minimum Gasteiger partial charge on any atom is -0.380 e. The number of benzene rings is 1. The van der Waals surface area contributed by atoms with Crippen molar-refractivity contribution in [3.05, 3.63) is 119 Å². The summed E-state index contributed by atoms with van der Waals surface area (Å²) in [7, 11) is 0. The Bertz CT molecular complexity index is 407. The Hall–Kier alpha value is -0.366. The minimum atomic E-state index is 0. The molecule has 1 saturated heterocycles. The zero-order chi connectivity index (χ0) is 16.2. The predicted molar refractivity (Wildman–Crippen MR) is 95.0 cm³/mol. The molecule has 10 radical (unpaired) electrons. The minimum absolute atomic E-state index is 0. The second-order valence-electron chi connectivity index (χ2n) is 5.15. The molecule has 2 heteroatoms. The second kappa shape index (κ2) is 13.9. The third-order valence-electron chi connectivity index (χ3n) is 3.26. The summed E-state index contributed by atoms with van der Waals surface area (Å²) >= 11 is 0. The van der Waals surface area contributed by atoms with Crippen molar-refractivity contribution in [2.75, 3.05) is 13.2 Å². The second-order valence-corrected chi connectivity index (χ2v) is 5.15. The summed E-state index contributed by atoms with van der Waals surface area (Å²) in [4.78, 5) is 0. The van der Waals surface area contributed by atoms with E-state index in [1.807, 2.05) is 94.5 Å². The van der Waals surface area contributed by atoms with E-state index in [1.54, 1.807) is 0 Å². The van der Waals surface area contributed by atoms with Crippen molar-refractivity contribution in [2.24, 2.45) is 5.92 Å². The fourth-order valence-corrected chi connectivity index (χ4v) is 2.02. The number of rotatable bonds is 1. The van der Waals surface area contributed by atoms with Crippen molar-refractivity contribution >= 4 is 0 Å². The molecule has 3 fully saturated rings. The van der Waals surface area contributed by atoms with E-state index in [1.165, 1.54) is 5.57 Å². The molecule has 3 aliphatic rings. The standard InChI is InChI=1S/C12H12O.2C5H5.Ti/c1-10-8-13-9-12(10)7-11-5-3-2-4-6-11;2*1-2-4-5-3-1;/h2-6,10H,1,8-9H2;2*1-5H;/q-2;;;+2. The van der Waals surface area contributed by atoms with E-state index in [-0.39, 0.29) is 27.6 Å². The fraction of sp³-hybridized carbons (Fsp3) is 0.136. The molecule has 2 aliphatic carbocycles. The summed E-state index contributed by atoms with van der Waals surface area (Å²) in [6.45, 7) is 5.41.